The molecule has 104 valence electrons. The largest absolute Gasteiger partial charge is 0.355 e. The van der Waals surface area contributed by atoms with E-state index in [-0.39, 0.29) is 11.8 Å². The van der Waals surface area contributed by atoms with E-state index in [1.807, 2.05) is 0 Å². The van der Waals surface area contributed by atoms with Gasteiger partial charge < -0.3 is 16.0 Å². The average molecular weight is 375 g/mol. The Bertz CT molecular complexity index is 425. The highest BCUT2D eigenvalue weighted by Gasteiger charge is 2.26. The summed E-state index contributed by atoms with van der Waals surface area (Å²) in [5.74, 6) is 0.792. The molecule has 0 spiro atoms. The third-order valence-electron chi connectivity index (χ3n) is 3.13. The van der Waals surface area contributed by atoms with E-state index < -0.39 is 0 Å². The van der Waals surface area contributed by atoms with Crippen molar-refractivity contribution in [2.24, 2.45) is 11.7 Å². The van der Waals surface area contributed by atoms with E-state index in [0.29, 0.717) is 25.6 Å². The van der Waals surface area contributed by atoms with Crippen molar-refractivity contribution >= 4 is 34.4 Å². The van der Waals surface area contributed by atoms with E-state index in [1.165, 1.54) is 0 Å². The maximum absolute atomic E-state index is 12.0. The summed E-state index contributed by atoms with van der Waals surface area (Å²) in [7, 11) is 0. The molecule has 0 bridgehead atoms. The zero-order valence-electron chi connectivity index (χ0n) is 10.7. The Balaban J connectivity index is 1.96. The fourth-order valence-electron chi connectivity index (χ4n) is 2.18. The minimum Gasteiger partial charge on any atom is -0.355 e. The highest BCUT2D eigenvalue weighted by atomic mass is 127. The number of halogens is 1. The molecule has 7 heteroatoms. The summed E-state index contributed by atoms with van der Waals surface area (Å²) in [5.41, 5.74) is 5.39. The number of rotatable bonds is 4. The van der Waals surface area contributed by atoms with E-state index in [0.717, 1.165) is 23.0 Å². The molecule has 0 aliphatic carbocycles. The number of hydrogen-bond donors (Lipinski definition) is 2. The second-order valence-electron chi connectivity index (χ2n) is 4.57. The lowest BCUT2D eigenvalue weighted by atomic mass is 9.97. The first kappa shape index (κ1) is 14.4. The number of hydrogen-bond acceptors (Lipinski definition) is 5. The van der Waals surface area contributed by atoms with Gasteiger partial charge >= 0.3 is 0 Å². The van der Waals surface area contributed by atoms with Gasteiger partial charge in [0.25, 0.3) is 0 Å². The number of aromatic nitrogens is 2. The molecular formula is C12H18IN5O. The predicted octanol–water partition coefficient (Wildman–Crippen LogP) is 0.372. The molecule has 1 amide bonds. The van der Waals surface area contributed by atoms with Gasteiger partial charge in [0.2, 0.25) is 11.9 Å². The Morgan fingerprint density at radius 3 is 2.95 bits per heavy atom. The molecule has 6 nitrogen and oxygen atoms in total. The van der Waals surface area contributed by atoms with E-state index in [1.54, 1.807) is 12.4 Å². The lowest BCUT2D eigenvalue weighted by molar-refractivity contribution is -0.125. The number of carbonyl (C=O) groups excluding carboxylic acids is 1. The quantitative estimate of drug-likeness (QED) is 0.744. The molecule has 0 saturated carbocycles. The minimum atomic E-state index is 0.00294. The Kier molecular flexibility index (Phi) is 5.32. The van der Waals surface area contributed by atoms with Crippen LogP contribution in [-0.4, -0.2) is 42.1 Å². The number of nitrogens with two attached hydrogens (primary N) is 1. The third-order valence-corrected chi connectivity index (χ3v) is 3.68. The summed E-state index contributed by atoms with van der Waals surface area (Å²) in [6.07, 6.45) is 5.48. The lowest BCUT2D eigenvalue weighted by Crippen LogP contribution is -2.44. The topological polar surface area (TPSA) is 84.1 Å². The van der Waals surface area contributed by atoms with Gasteiger partial charge in [0.05, 0.1) is 5.92 Å². The van der Waals surface area contributed by atoms with Gasteiger partial charge in [-0.25, -0.2) is 9.97 Å². The number of nitrogens with one attached hydrogen (secondary N) is 1. The van der Waals surface area contributed by atoms with Crippen LogP contribution in [0.3, 0.4) is 0 Å². The second kappa shape index (κ2) is 6.99. The zero-order valence-corrected chi connectivity index (χ0v) is 12.8. The molecule has 1 fully saturated rings. The summed E-state index contributed by atoms with van der Waals surface area (Å²) in [6, 6.07) is 0. The molecular weight excluding hydrogens is 357 g/mol. The summed E-state index contributed by atoms with van der Waals surface area (Å²) < 4.78 is 1.01. The Labute approximate surface area is 126 Å². The smallest absolute Gasteiger partial charge is 0.225 e. The van der Waals surface area contributed by atoms with Crippen LogP contribution < -0.4 is 16.0 Å². The van der Waals surface area contributed by atoms with Crippen molar-refractivity contribution in [2.75, 3.05) is 31.1 Å². The van der Waals surface area contributed by atoms with Crippen LogP contribution in [-0.2, 0) is 4.79 Å². The standard InChI is InChI=1S/C12H18IN5O/c13-10-6-16-12(17-7-10)18-5-1-2-9(8-18)11(19)15-4-3-14/h6-7,9H,1-5,8,14H2,(H,15,19). The number of carbonyl (C=O) groups is 1. The molecule has 3 N–H and O–H groups in total. The normalized spacial score (nSPS) is 19.3. The number of piperidine rings is 1. The molecule has 1 aliphatic heterocycles. The van der Waals surface area contributed by atoms with Gasteiger partial charge in [-0.1, -0.05) is 0 Å². The van der Waals surface area contributed by atoms with Crippen molar-refractivity contribution in [3.8, 4) is 0 Å². The first-order chi connectivity index (χ1) is 9.20. The second-order valence-corrected chi connectivity index (χ2v) is 5.81. The fraction of sp³-hybridized carbons (Fsp3) is 0.583. The molecule has 2 heterocycles. The Morgan fingerprint density at radius 1 is 1.53 bits per heavy atom. The third kappa shape index (κ3) is 4.00. The molecule has 0 aromatic carbocycles. The first-order valence-corrected chi connectivity index (χ1v) is 7.49. The average Bonchev–Trinajstić information content (AvgIpc) is 2.45. The molecule has 1 aromatic heterocycles. The first-order valence-electron chi connectivity index (χ1n) is 6.41. The minimum absolute atomic E-state index is 0.00294. The maximum Gasteiger partial charge on any atom is 0.225 e. The van der Waals surface area contributed by atoms with Gasteiger partial charge in [-0.15, -0.1) is 0 Å². The van der Waals surface area contributed by atoms with E-state index in [2.05, 4.69) is 42.8 Å². The number of anilines is 1. The van der Waals surface area contributed by atoms with E-state index >= 15 is 0 Å². The van der Waals surface area contributed by atoms with Gasteiger partial charge in [-0.2, -0.15) is 0 Å². The van der Waals surface area contributed by atoms with Gasteiger partial charge in [0.1, 0.15) is 0 Å². The summed E-state index contributed by atoms with van der Waals surface area (Å²) in [4.78, 5) is 22.7. The SMILES string of the molecule is NCCNC(=O)C1CCCN(c2ncc(I)cn2)C1. The summed E-state index contributed by atoms with van der Waals surface area (Å²) in [6.45, 7) is 2.59. The highest BCUT2D eigenvalue weighted by molar-refractivity contribution is 14.1. The lowest BCUT2D eigenvalue weighted by Gasteiger charge is -2.31. The van der Waals surface area contributed by atoms with Crippen LogP contribution in [0.4, 0.5) is 5.95 Å². The maximum atomic E-state index is 12.0. The molecule has 1 aromatic rings. The molecule has 0 radical (unpaired) electrons. The number of nitrogens with zero attached hydrogens (tertiary/aromatic N) is 3. The highest BCUT2D eigenvalue weighted by Crippen LogP contribution is 2.20. The van der Waals surface area contributed by atoms with Crippen molar-refractivity contribution in [1.82, 2.24) is 15.3 Å². The Morgan fingerprint density at radius 2 is 2.26 bits per heavy atom. The summed E-state index contributed by atoms with van der Waals surface area (Å²) >= 11 is 2.18. The van der Waals surface area contributed by atoms with Crippen LogP contribution in [0.5, 0.6) is 0 Å². The van der Waals surface area contributed by atoms with Crippen molar-refractivity contribution in [3.63, 3.8) is 0 Å². The van der Waals surface area contributed by atoms with Crippen LogP contribution in [0.25, 0.3) is 0 Å². The molecule has 1 aliphatic rings. The van der Waals surface area contributed by atoms with E-state index in [9.17, 15) is 4.79 Å². The molecule has 1 atom stereocenters. The zero-order chi connectivity index (χ0) is 13.7. The van der Waals surface area contributed by atoms with E-state index in [4.69, 9.17) is 5.73 Å². The van der Waals surface area contributed by atoms with Crippen molar-refractivity contribution in [1.29, 1.82) is 0 Å². The van der Waals surface area contributed by atoms with Crippen molar-refractivity contribution < 1.29 is 4.79 Å². The van der Waals surface area contributed by atoms with Gasteiger partial charge in [-0.05, 0) is 35.4 Å². The van der Waals surface area contributed by atoms with Crippen molar-refractivity contribution in [3.05, 3.63) is 16.0 Å². The van der Waals surface area contributed by atoms with Gasteiger partial charge in [0.15, 0.2) is 0 Å². The van der Waals surface area contributed by atoms with Crippen LogP contribution >= 0.6 is 22.6 Å². The van der Waals surface area contributed by atoms with Crippen molar-refractivity contribution in [2.45, 2.75) is 12.8 Å². The van der Waals surface area contributed by atoms with Crippen LogP contribution in [0.15, 0.2) is 12.4 Å². The van der Waals surface area contributed by atoms with Crippen LogP contribution in [0.1, 0.15) is 12.8 Å². The molecule has 1 unspecified atom stereocenters. The molecule has 1 saturated heterocycles. The fourth-order valence-corrected chi connectivity index (χ4v) is 2.46. The van der Waals surface area contributed by atoms with Gasteiger partial charge in [-0.3, -0.25) is 4.79 Å². The van der Waals surface area contributed by atoms with Gasteiger partial charge in [0, 0.05) is 42.1 Å². The summed E-state index contributed by atoms with van der Waals surface area (Å²) in [5, 5.41) is 2.85. The predicted molar refractivity (Wildman–Crippen MR) is 81.8 cm³/mol. The molecule has 19 heavy (non-hydrogen) atoms. The van der Waals surface area contributed by atoms with Crippen LogP contribution in [0.2, 0.25) is 0 Å². The molecule has 2 rings (SSSR count). The van der Waals surface area contributed by atoms with Crippen LogP contribution in [0, 0.1) is 9.49 Å². The monoisotopic (exact) mass is 375 g/mol. The Hall–Kier alpha value is -0.960. The number of amides is 1.